The molecule has 0 amide bonds. The summed E-state index contributed by atoms with van der Waals surface area (Å²) in [5, 5.41) is 0. The predicted octanol–water partition coefficient (Wildman–Crippen LogP) is 3.95. The molecule has 2 unspecified atom stereocenters. The molecule has 0 spiro atoms. The van der Waals surface area contributed by atoms with Crippen molar-refractivity contribution in [2.24, 2.45) is 11.8 Å². The van der Waals surface area contributed by atoms with Crippen LogP contribution in [0.2, 0.25) is 0 Å². The Labute approximate surface area is 75.5 Å². The van der Waals surface area contributed by atoms with Gasteiger partial charge in [0.2, 0.25) is 0 Å². The minimum absolute atomic E-state index is 0.124. The van der Waals surface area contributed by atoms with Crippen LogP contribution in [0.15, 0.2) is 0 Å². The van der Waals surface area contributed by atoms with Crippen molar-refractivity contribution in [3.8, 4) is 0 Å². The molecule has 0 bridgehead atoms. The number of alkyl halides is 1. The fraction of sp³-hybridized carbons (Fsp3) is 1.00. The minimum Gasteiger partial charge on any atom is -0.251 e. The predicted molar refractivity (Wildman–Crippen MR) is 50.9 cm³/mol. The van der Waals surface area contributed by atoms with Gasteiger partial charge in [-0.3, -0.25) is 4.39 Å². The van der Waals surface area contributed by atoms with E-state index in [1.807, 2.05) is 0 Å². The summed E-state index contributed by atoms with van der Waals surface area (Å²) in [7, 11) is 0. The third-order valence-electron chi connectivity index (χ3n) is 3.25. The molecule has 0 aromatic rings. The normalized spacial score (nSPS) is 30.5. The summed E-state index contributed by atoms with van der Waals surface area (Å²) < 4.78 is 11.8. The summed E-state index contributed by atoms with van der Waals surface area (Å²) in [6, 6.07) is 0. The largest absolute Gasteiger partial charge is 0.251 e. The quantitative estimate of drug-likeness (QED) is 0.563. The molecule has 1 rings (SSSR count). The van der Waals surface area contributed by atoms with Crippen molar-refractivity contribution in [1.29, 1.82) is 0 Å². The third-order valence-corrected chi connectivity index (χ3v) is 3.25. The molecular weight excluding hydrogens is 151 g/mol. The second kappa shape index (κ2) is 5.55. The molecule has 1 fully saturated rings. The van der Waals surface area contributed by atoms with Crippen molar-refractivity contribution in [2.45, 2.75) is 51.9 Å². The van der Waals surface area contributed by atoms with Gasteiger partial charge in [-0.15, -0.1) is 0 Å². The number of hydrogen-bond donors (Lipinski definition) is 0. The highest BCUT2D eigenvalue weighted by Gasteiger charge is 2.20. The van der Waals surface area contributed by atoms with Crippen LogP contribution in [0.1, 0.15) is 51.9 Å². The molecule has 72 valence electrons. The zero-order chi connectivity index (χ0) is 8.81. The molecule has 0 nitrogen and oxygen atoms in total. The molecule has 2 atom stereocenters. The van der Waals surface area contributed by atoms with E-state index >= 15 is 0 Å². The van der Waals surface area contributed by atoms with E-state index in [1.165, 1.54) is 32.1 Å². The molecule has 1 heteroatoms. The lowest BCUT2D eigenvalue weighted by Crippen LogP contribution is -2.16. The van der Waals surface area contributed by atoms with E-state index in [2.05, 4.69) is 6.92 Å². The van der Waals surface area contributed by atoms with E-state index in [0.29, 0.717) is 0 Å². The van der Waals surface area contributed by atoms with E-state index in [0.717, 1.165) is 24.7 Å². The Bertz CT molecular complexity index is 112. The maximum absolute atomic E-state index is 11.8. The Morgan fingerprint density at radius 2 is 1.92 bits per heavy atom. The first-order chi connectivity index (χ1) is 5.84. The van der Waals surface area contributed by atoms with Gasteiger partial charge >= 0.3 is 0 Å². The molecule has 1 aliphatic rings. The van der Waals surface area contributed by atoms with E-state index in [1.54, 1.807) is 0 Å². The standard InChI is InChI=1S/C11H21F/c1-10-6-2-3-7-11(10)8-4-5-9-12/h10-11H,2-9H2,1H3. The average Bonchev–Trinajstić information content (AvgIpc) is 2.09. The molecular formula is C11H21F. The van der Waals surface area contributed by atoms with Gasteiger partial charge in [-0.2, -0.15) is 0 Å². The Morgan fingerprint density at radius 1 is 1.17 bits per heavy atom. The summed E-state index contributed by atoms with van der Waals surface area (Å²) in [5.74, 6) is 1.81. The third kappa shape index (κ3) is 3.12. The Hall–Kier alpha value is -0.0700. The SMILES string of the molecule is CC1CCCCC1CCCCF. The summed E-state index contributed by atoms with van der Waals surface area (Å²) in [4.78, 5) is 0. The van der Waals surface area contributed by atoms with Crippen LogP contribution in [-0.2, 0) is 0 Å². The monoisotopic (exact) mass is 172 g/mol. The minimum atomic E-state index is -0.124. The molecule has 1 aliphatic carbocycles. The average molecular weight is 172 g/mol. The maximum Gasteiger partial charge on any atom is 0.0894 e. The zero-order valence-electron chi connectivity index (χ0n) is 8.19. The number of hydrogen-bond acceptors (Lipinski definition) is 0. The molecule has 0 saturated heterocycles. The van der Waals surface area contributed by atoms with Crippen LogP contribution in [0.3, 0.4) is 0 Å². The highest BCUT2D eigenvalue weighted by molar-refractivity contribution is 4.71. The Balaban J connectivity index is 2.11. The van der Waals surface area contributed by atoms with E-state index in [4.69, 9.17) is 0 Å². The highest BCUT2D eigenvalue weighted by Crippen LogP contribution is 2.32. The van der Waals surface area contributed by atoms with E-state index in [-0.39, 0.29) is 6.67 Å². The lowest BCUT2D eigenvalue weighted by Gasteiger charge is -2.28. The molecule has 0 aromatic heterocycles. The van der Waals surface area contributed by atoms with Gasteiger partial charge in [0.25, 0.3) is 0 Å². The smallest absolute Gasteiger partial charge is 0.0894 e. The van der Waals surface area contributed by atoms with Crippen LogP contribution in [0, 0.1) is 11.8 Å². The van der Waals surface area contributed by atoms with Gasteiger partial charge in [-0.1, -0.05) is 45.4 Å². The summed E-state index contributed by atoms with van der Waals surface area (Å²) in [5.41, 5.74) is 0. The number of unbranched alkanes of at least 4 members (excludes halogenated alkanes) is 1. The number of halogens is 1. The van der Waals surface area contributed by atoms with Crippen LogP contribution in [0.25, 0.3) is 0 Å². The fourth-order valence-electron chi connectivity index (χ4n) is 2.32. The molecule has 0 N–H and O–H groups in total. The van der Waals surface area contributed by atoms with Crippen LogP contribution in [0.4, 0.5) is 4.39 Å². The van der Waals surface area contributed by atoms with Gasteiger partial charge in [0, 0.05) is 0 Å². The van der Waals surface area contributed by atoms with Gasteiger partial charge in [-0.05, 0) is 18.3 Å². The summed E-state index contributed by atoms with van der Waals surface area (Å²) >= 11 is 0. The fourth-order valence-corrected chi connectivity index (χ4v) is 2.32. The topological polar surface area (TPSA) is 0 Å². The Morgan fingerprint density at radius 3 is 2.58 bits per heavy atom. The van der Waals surface area contributed by atoms with Gasteiger partial charge < -0.3 is 0 Å². The lowest BCUT2D eigenvalue weighted by atomic mass is 9.78. The van der Waals surface area contributed by atoms with Gasteiger partial charge in [0.15, 0.2) is 0 Å². The molecule has 0 aromatic carbocycles. The van der Waals surface area contributed by atoms with E-state index < -0.39 is 0 Å². The highest BCUT2D eigenvalue weighted by atomic mass is 19.1. The van der Waals surface area contributed by atoms with Crippen molar-refractivity contribution < 1.29 is 4.39 Å². The zero-order valence-corrected chi connectivity index (χ0v) is 8.19. The van der Waals surface area contributed by atoms with Crippen molar-refractivity contribution in [2.75, 3.05) is 6.67 Å². The summed E-state index contributed by atoms with van der Waals surface area (Å²) in [6.07, 6.45) is 8.78. The van der Waals surface area contributed by atoms with Gasteiger partial charge in [-0.25, -0.2) is 0 Å². The first kappa shape index (κ1) is 10.0. The second-order valence-corrected chi connectivity index (χ2v) is 4.21. The van der Waals surface area contributed by atoms with Crippen molar-refractivity contribution >= 4 is 0 Å². The number of rotatable bonds is 4. The second-order valence-electron chi connectivity index (χ2n) is 4.21. The van der Waals surface area contributed by atoms with Gasteiger partial charge in [0.05, 0.1) is 6.67 Å². The van der Waals surface area contributed by atoms with E-state index in [9.17, 15) is 4.39 Å². The Kier molecular flexibility index (Phi) is 4.63. The van der Waals surface area contributed by atoms with Crippen molar-refractivity contribution in [1.82, 2.24) is 0 Å². The van der Waals surface area contributed by atoms with Crippen LogP contribution < -0.4 is 0 Å². The molecule has 0 radical (unpaired) electrons. The summed E-state index contributed by atoms with van der Waals surface area (Å²) in [6.45, 7) is 2.24. The molecule has 12 heavy (non-hydrogen) atoms. The van der Waals surface area contributed by atoms with Crippen LogP contribution in [-0.4, -0.2) is 6.67 Å². The van der Waals surface area contributed by atoms with Crippen LogP contribution >= 0.6 is 0 Å². The molecule has 1 saturated carbocycles. The molecule has 0 aliphatic heterocycles. The lowest BCUT2D eigenvalue weighted by molar-refractivity contribution is 0.234. The first-order valence-electron chi connectivity index (χ1n) is 5.40. The molecule has 0 heterocycles. The van der Waals surface area contributed by atoms with Gasteiger partial charge in [0.1, 0.15) is 0 Å². The first-order valence-corrected chi connectivity index (χ1v) is 5.40. The maximum atomic E-state index is 11.8. The van der Waals surface area contributed by atoms with Crippen molar-refractivity contribution in [3.05, 3.63) is 0 Å². The van der Waals surface area contributed by atoms with Crippen molar-refractivity contribution in [3.63, 3.8) is 0 Å². The van der Waals surface area contributed by atoms with Crippen LogP contribution in [0.5, 0.6) is 0 Å².